The van der Waals surface area contributed by atoms with Gasteiger partial charge in [-0.1, -0.05) is 0 Å². The SMILES string of the molecule is Cc1[nH]ncc1C(=O)N1CC(C)NCC1C.Cl. The zero-order valence-electron chi connectivity index (χ0n) is 10.4. The van der Waals surface area contributed by atoms with Gasteiger partial charge in [0, 0.05) is 30.9 Å². The Morgan fingerprint density at radius 2 is 2.24 bits per heavy atom. The largest absolute Gasteiger partial charge is 0.333 e. The van der Waals surface area contributed by atoms with Crippen molar-refractivity contribution in [3.63, 3.8) is 0 Å². The highest BCUT2D eigenvalue weighted by molar-refractivity contribution is 5.95. The third-order valence-electron chi connectivity index (χ3n) is 3.09. The lowest BCUT2D eigenvalue weighted by atomic mass is 10.1. The summed E-state index contributed by atoms with van der Waals surface area (Å²) in [6.07, 6.45) is 1.61. The molecule has 96 valence electrons. The van der Waals surface area contributed by atoms with Gasteiger partial charge in [-0.3, -0.25) is 9.89 Å². The van der Waals surface area contributed by atoms with Crippen LogP contribution in [0.5, 0.6) is 0 Å². The Hall–Kier alpha value is -1.07. The quantitative estimate of drug-likeness (QED) is 0.789. The number of carbonyl (C=O) groups excluding carboxylic acids is 1. The molecule has 2 atom stereocenters. The fourth-order valence-electron chi connectivity index (χ4n) is 2.03. The van der Waals surface area contributed by atoms with Crippen LogP contribution in [0.3, 0.4) is 0 Å². The number of aryl methyl sites for hydroxylation is 1. The van der Waals surface area contributed by atoms with Gasteiger partial charge in [-0.25, -0.2) is 0 Å². The van der Waals surface area contributed by atoms with Gasteiger partial charge in [-0.05, 0) is 20.8 Å². The van der Waals surface area contributed by atoms with Gasteiger partial charge < -0.3 is 10.2 Å². The maximum Gasteiger partial charge on any atom is 0.257 e. The molecule has 1 aliphatic rings. The monoisotopic (exact) mass is 258 g/mol. The van der Waals surface area contributed by atoms with Crippen molar-refractivity contribution in [2.24, 2.45) is 0 Å². The summed E-state index contributed by atoms with van der Waals surface area (Å²) in [4.78, 5) is 14.2. The molecule has 6 heteroatoms. The minimum absolute atomic E-state index is 0. The van der Waals surface area contributed by atoms with Gasteiger partial charge in [0.2, 0.25) is 0 Å². The zero-order chi connectivity index (χ0) is 11.7. The molecule has 1 aromatic rings. The molecule has 1 saturated heterocycles. The summed E-state index contributed by atoms with van der Waals surface area (Å²) in [6.45, 7) is 7.63. The van der Waals surface area contributed by atoms with Crippen LogP contribution in [0, 0.1) is 6.92 Å². The molecule has 1 aliphatic heterocycles. The van der Waals surface area contributed by atoms with Crippen LogP contribution >= 0.6 is 12.4 Å². The lowest BCUT2D eigenvalue weighted by Crippen LogP contribution is -2.56. The molecule has 2 rings (SSSR count). The van der Waals surface area contributed by atoms with Gasteiger partial charge in [-0.15, -0.1) is 12.4 Å². The van der Waals surface area contributed by atoms with Crippen LogP contribution in [-0.2, 0) is 0 Å². The fraction of sp³-hybridized carbons (Fsp3) is 0.636. The van der Waals surface area contributed by atoms with Crippen molar-refractivity contribution < 1.29 is 4.79 Å². The number of carbonyl (C=O) groups is 1. The molecule has 1 aromatic heterocycles. The van der Waals surface area contributed by atoms with Crippen molar-refractivity contribution in [3.05, 3.63) is 17.5 Å². The lowest BCUT2D eigenvalue weighted by molar-refractivity contribution is 0.0615. The van der Waals surface area contributed by atoms with Crippen molar-refractivity contribution in [1.29, 1.82) is 0 Å². The fourth-order valence-corrected chi connectivity index (χ4v) is 2.03. The normalized spacial score (nSPS) is 24.3. The standard InChI is InChI=1S/C11H18N4O.ClH/c1-7-6-15(8(2)4-12-7)11(16)10-5-13-14-9(10)3;/h5,7-8,12H,4,6H2,1-3H3,(H,13,14);1H. The molecule has 2 unspecified atom stereocenters. The minimum atomic E-state index is 0. The number of amides is 1. The van der Waals surface area contributed by atoms with Crippen LogP contribution in [-0.4, -0.2) is 46.2 Å². The van der Waals surface area contributed by atoms with E-state index in [0.29, 0.717) is 11.6 Å². The molecule has 0 aromatic carbocycles. The highest BCUT2D eigenvalue weighted by atomic mass is 35.5. The van der Waals surface area contributed by atoms with E-state index in [4.69, 9.17) is 0 Å². The van der Waals surface area contributed by atoms with Crippen LogP contribution in [0.2, 0.25) is 0 Å². The van der Waals surface area contributed by atoms with E-state index in [-0.39, 0.29) is 24.4 Å². The molecular weight excluding hydrogens is 240 g/mol. The van der Waals surface area contributed by atoms with Crippen molar-refractivity contribution in [3.8, 4) is 0 Å². The minimum Gasteiger partial charge on any atom is -0.333 e. The summed E-state index contributed by atoms with van der Waals surface area (Å²) < 4.78 is 0. The first-order valence-electron chi connectivity index (χ1n) is 5.64. The molecule has 17 heavy (non-hydrogen) atoms. The number of hydrogen-bond acceptors (Lipinski definition) is 3. The lowest BCUT2D eigenvalue weighted by Gasteiger charge is -2.37. The highest BCUT2D eigenvalue weighted by Crippen LogP contribution is 2.13. The number of H-pyrrole nitrogens is 1. The molecule has 0 radical (unpaired) electrons. The molecule has 1 amide bonds. The Kier molecular flexibility index (Phi) is 4.54. The predicted molar refractivity (Wildman–Crippen MR) is 68.5 cm³/mol. The number of hydrogen-bond donors (Lipinski definition) is 2. The molecule has 0 bridgehead atoms. The summed E-state index contributed by atoms with van der Waals surface area (Å²) in [5.74, 6) is 0.0760. The number of nitrogens with one attached hydrogen (secondary N) is 2. The van der Waals surface area contributed by atoms with Crippen molar-refractivity contribution in [2.75, 3.05) is 13.1 Å². The Bertz CT molecular complexity index is 393. The first kappa shape index (κ1) is 14.0. The zero-order valence-corrected chi connectivity index (χ0v) is 11.2. The second kappa shape index (κ2) is 5.51. The summed E-state index contributed by atoms with van der Waals surface area (Å²) >= 11 is 0. The Balaban J connectivity index is 0.00000144. The van der Waals surface area contributed by atoms with Crippen LogP contribution in [0.1, 0.15) is 29.9 Å². The second-order valence-electron chi connectivity index (χ2n) is 4.52. The van der Waals surface area contributed by atoms with E-state index in [9.17, 15) is 4.79 Å². The molecule has 2 N–H and O–H groups in total. The van der Waals surface area contributed by atoms with Crippen LogP contribution in [0.4, 0.5) is 0 Å². The molecule has 5 nitrogen and oxygen atoms in total. The van der Waals surface area contributed by atoms with Crippen LogP contribution in [0.25, 0.3) is 0 Å². The van der Waals surface area contributed by atoms with Gasteiger partial charge in [0.05, 0.1) is 11.8 Å². The molecular formula is C11H19ClN4O. The number of nitrogens with zero attached hydrogens (tertiary/aromatic N) is 2. The molecule has 0 saturated carbocycles. The van der Waals surface area contributed by atoms with Crippen molar-refractivity contribution >= 4 is 18.3 Å². The molecule has 1 fully saturated rings. The molecule has 0 spiro atoms. The van der Waals surface area contributed by atoms with Gasteiger partial charge in [0.1, 0.15) is 0 Å². The summed E-state index contributed by atoms with van der Waals surface area (Å²) in [7, 11) is 0. The summed E-state index contributed by atoms with van der Waals surface area (Å²) in [5, 5.41) is 10.1. The van der Waals surface area contributed by atoms with E-state index in [0.717, 1.165) is 18.8 Å². The Morgan fingerprint density at radius 3 is 2.82 bits per heavy atom. The predicted octanol–water partition coefficient (Wildman–Crippen LogP) is 0.962. The highest BCUT2D eigenvalue weighted by Gasteiger charge is 2.28. The maximum atomic E-state index is 12.3. The van der Waals surface area contributed by atoms with E-state index >= 15 is 0 Å². The Labute approximate surface area is 107 Å². The average Bonchev–Trinajstić information content (AvgIpc) is 2.67. The van der Waals surface area contributed by atoms with Crippen molar-refractivity contribution in [1.82, 2.24) is 20.4 Å². The third kappa shape index (κ3) is 2.79. The maximum absolute atomic E-state index is 12.3. The Morgan fingerprint density at radius 1 is 1.53 bits per heavy atom. The van der Waals surface area contributed by atoms with Gasteiger partial charge >= 0.3 is 0 Å². The topological polar surface area (TPSA) is 61.0 Å². The first-order chi connectivity index (χ1) is 7.59. The van der Waals surface area contributed by atoms with Crippen LogP contribution in [0.15, 0.2) is 6.20 Å². The number of aromatic nitrogens is 2. The van der Waals surface area contributed by atoms with E-state index < -0.39 is 0 Å². The summed E-state index contributed by atoms with van der Waals surface area (Å²) in [6, 6.07) is 0.588. The molecule has 0 aliphatic carbocycles. The van der Waals surface area contributed by atoms with E-state index in [1.54, 1.807) is 6.20 Å². The molecule has 2 heterocycles. The number of halogens is 1. The second-order valence-corrected chi connectivity index (χ2v) is 4.52. The smallest absolute Gasteiger partial charge is 0.257 e. The number of aromatic amines is 1. The average molecular weight is 259 g/mol. The van der Waals surface area contributed by atoms with Gasteiger partial charge in [0.15, 0.2) is 0 Å². The van der Waals surface area contributed by atoms with Gasteiger partial charge in [-0.2, -0.15) is 5.10 Å². The van der Waals surface area contributed by atoms with Crippen molar-refractivity contribution in [2.45, 2.75) is 32.9 Å². The van der Waals surface area contributed by atoms with E-state index in [2.05, 4.69) is 29.4 Å². The number of piperazine rings is 1. The first-order valence-corrected chi connectivity index (χ1v) is 5.64. The number of rotatable bonds is 1. The van der Waals surface area contributed by atoms with Crippen LogP contribution < -0.4 is 5.32 Å². The third-order valence-corrected chi connectivity index (χ3v) is 3.09. The van der Waals surface area contributed by atoms with Gasteiger partial charge in [0.25, 0.3) is 5.91 Å². The summed E-state index contributed by atoms with van der Waals surface area (Å²) in [5.41, 5.74) is 1.52. The van der Waals surface area contributed by atoms with E-state index in [1.165, 1.54) is 0 Å². The van der Waals surface area contributed by atoms with E-state index in [1.807, 2.05) is 11.8 Å².